The average molecular weight is 283 g/mol. The van der Waals surface area contributed by atoms with Crippen LogP contribution in [0.5, 0.6) is 0 Å². The molecule has 1 fully saturated rings. The highest BCUT2D eigenvalue weighted by Gasteiger charge is 2.34. The van der Waals surface area contributed by atoms with Crippen LogP contribution in [-0.4, -0.2) is 19.6 Å². The van der Waals surface area contributed by atoms with Gasteiger partial charge in [-0.15, -0.1) is 0 Å². The second-order valence-corrected chi connectivity index (χ2v) is 5.01. The lowest BCUT2D eigenvalue weighted by Gasteiger charge is -2.33. The van der Waals surface area contributed by atoms with Crippen molar-refractivity contribution in [2.24, 2.45) is 11.7 Å². The van der Waals surface area contributed by atoms with Crippen LogP contribution in [0.15, 0.2) is 18.2 Å². The first-order valence-corrected chi connectivity index (χ1v) is 6.52. The number of anilines is 1. The molecule has 108 valence electrons. The molecule has 2 N–H and O–H groups in total. The molecule has 20 heavy (non-hydrogen) atoms. The molecule has 6 heteroatoms. The minimum absolute atomic E-state index is 0.335. The number of nitrogens with two attached hydrogens (primary N) is 1. The summed E-state index contributed by atoms with van der Waals surface area (Å²) in [5, 5.41) is 8.77. The molecule has 1 saturated heterocycles. The predicted octanol–water partition coefficient (Wildman–Crippen LogP) is 2.75. The summed E-state index contributed by atoms with van der Waals surface area (Å²) in [6.07, 6.45) is -2.73. The van der Waals surface area contributed by atoms with Gasteiger partial charge in [0.15, 0.2) is 0 Å². The highest BCUT2D eigenvalue weighted by atomic mass is 19.4. The Morgan fingerprint density at radius 3 is 2.45 bits per heavy atom. The van der Waals surface area contributed by atoms with Crippen molar-refractivity contribution < 1.29 is 13.2 Å². The number of nitrogens with zero attached hydrogens (tertiary/aromatic N) is 2. The lowest BCUT2D eigenvalue weighted by Crippen LogP contribution is -2.36. The van der Waals surface area contributed by atoms with Crippen molar-refractivity contribution in [3.05, 3.63) is 29.3 Å². The van der Waals surface area contributed by atoms with E-state index in [1.54, 1.807) is 12.1 Å². The van der Waals surface area contributed by atoms with Crippen LogP contribution < -0.4 is 10.6 Å². The smallest absolute Gasteiger partial charge is 0.372 e. The largest absolute Gasteiger partial charge is 0.417 e. The number of alkyl halides is 3. The Morgan fingerprint density at radius 2 is 1.95 bits per heavy atom. The van der Waals surface area contributed by atoms with Crippen molar-refractivity contribution in [1.82, 2.24) is 0 Å². The average Bonchev–Trinajstić information content (AvgIpc) is 2.46. The Morgan fingerprint density at radius 1 is 1.30 bits per heavy atom. The van der Waals surface area contributed by atoms with Gasteiger partial charge >= 0.3 is 6.18 Å². The fourth-order valence-electron chi connectivity index (χ4n) is 2.49. The molecule has 1 aliphatic rings. The molecule has 0 saturated carbocycles. The first-order chi connectivity index (χ1) is 9.45. The fourth-order valence-corrected chi connectivity index (χ4v) is 2.49. The molecule has 0 unspecified atom stereocenters. The molecule has 0 atom stereocenters. The third-order valence-electron chi connectivity index (χ3n) is 3.74. The molecule has 0 spiro atoms. The van der Waals surface area contributed by atoms with Gasteiger partial charge in [-0.1, -0.05) is 0 Å². The predicted molar refractivity (Wildman–Crippen MR) is 70.2 cm³/mol. The second-order valence-electron chi connectivity index (χ2n) is 5.01. The number of hydrogen-bond donors (Lipinski definition) is 1. The number of hydrogen-bond acceptors (Lipinski definition) is 3. The number of rotatable bonds is 2. The summed E-state index contributed by atoms with van der Waals surface area (Å²) in [4.78, 5) is 1.92. The Hall–Kier alpha value is -1.74. The molecule has 0 aliphatic carbocycles. The summed E-state index contributed by atoms with van der Waals surface area (Å²) >= 11 is 0. The minimum Gasteiger partial charge on any atom is -0.372 e. The minimum atomic E-state index is -4.50. The van der Waals surface area contributed by atoms with Gasteiger partial charge in [-0.05, 0) is 43.5 Å². The first kappa shape index (κ1) is 14.7. The van der Waals surface area contributed by atoms with Crippen molar-refractivity contribution in [1.29, 1.82) is 5.26 Å². The molecule has 0 amide bonds. The highest BCUT2D eigenvalue weighted by Crippen LogP contribution is 2.35. The van der Waals surface area contributed by atoms with Gasteiger partial charge in [-0.2, -0.15) is 18.4 Å². The Kier molecular flexibility index (Phi) is 4.19. The van der Waals surface area contributed by atoms with Gasteiger partial charge in [0.2, 0.25) is 0 Å². The molecule has 0 aromatic heterocycles. The van der Waals surface area contributed by atoms with Crippen molar-refractivity contribution in [2.75, 3.05) is 24.5 Å². The molecular formula is C14H16F3N3. The molecule has 1 aromatic carbocycles. The number of benzene rings is 1. The molecule has 1 heterocycles. The molecule has 3 nitrogen and oxygen atoms in total. The molecule has 1 aliphatic heterocycles. The quantitative estimate of drug-likeness (QED) is 0.908. The van der Waals surface area contributed by atoms with Crippen LogP contribution in [0.1, 0.15) is 24.0 Å². The van der Waals surface area contributed by atoms with E-state index in [0.717, 1.165) is 18.9 Å². The molecule has 0 bridgehead atoms. The SMILES string of the molecule is N#Cc1ccc(N2CCC(CN)CC2)cc1C(F)(F)F. The third-order valence-corrected chi connectivity index (χ3v) is 3.74. The summed E-state index contributed by atoms with van der Waals surface area (Å²) in [5.74, 6) is 0.451. The van der Waals surface area contributed by atoms with Gasteiger partial charge in [-0.25, -0.2) is 0 Å². The second kappa shape index (κ2) is 5.71. The van der Waals surface area contributed by atoms with Gasteiger partial charge < -0.3 is 10.6 Å². The number of piperidine rings is 1. The van der Waals surface area contributed by atoms with E-state index in [1.165, 1.54) is 6.07 Å². The van der Waals surface area contributed by atoms with E-state index in [0.29, 0.717) is 31.2 Å². The van der Waals surface area contributed by atoms with E-state index in [4.69, 9.17) is 11.0 Å². The van der Waals surface area contributed by atoms with Gasteiger partial charge in [0.1, 0.15) is 0 Å². The normalized spacial score (nSPS) is 17.1. The fraction of sp³-hybridized carbons (Fsp3) is 0.500. The van der Waals surface area contributed by atoms with E-state index in [1.807, 2.05) is 4.90 Å². The standard InChI is InChI=1S/C14H16F3N3/c15-14(16,17)13-7-12(2-1-11(13)9-19)20-5-3-10(8-18)4-6-20/h1-2,7,10H,3-6,8,18H2. The van der Waals surface area contributed by atoms with Crippen molar-refractivity contribution in [3.8, 4) is 6.07 Å². The maximum Gasteiger partial charge on any atom is 0.417 e. The first-order valence-electron chi connectivity index (χ1n) is 6.52. The van der Waals surface area contributed by atoms with Crippen molar-refractivity contribution >= 4 is 5.69 Å². The van der Waals surface area contributed by atoms with Gasteiger partial charge in [0.25, 0.3) is 0 Å². The molecular weight excluding hydrogens is 267 g/mol. The van der Waals surface area contributed by atoms with Crippen LogP contribution in [0.2, 0.25) is 0 Å². The van der Waals surface area contributed by atoms with E-state index >= 15 is 0 Å². The van der Waals surface area contributed by atoms with Crippen LogP contribution in [0, 0.1) is 17.2 Å². The van der Waals surface area contributed by atoms with Crippen molar-refractivity contribution in [2.45, 2.75) is 19.0 Å². The van der Waals surface area contributed by atoms with Crippen LogP contribution >= 0.6 is 0 Å². The zero-order chi connectivity index (χ0) is 14.8. The van der Waals surface area contributed by atoms with Crippen LogP contribution in [0.3, 0.4) is 0 Å². The topological polar surface area (TPSA) is 53.0 Å². The van der Waals surface area contributed by atoms with E-state index < -0.39 is 11.7 Å². The third kappa shape index (κ3) is 3.05. The maximum absolute atomic E-state index is 12.9. The number of halogens is 3. The monoisotopic (exact) mass is 283 g/mol. The van der Waals surface area contributed by atoms with Gasteiger partial charge in [0, 0.05) is 18.8 Å². The van der Waals surface area contributed by atoms with E-state index in [2.05, 4.69) is 0 Å². The highest BCUT2D eigenvalue weighted by molar-refractivity contribution is 5.55. The summed E-state index contributed by atoms with van der Waals surface area (Å²) in [6.45, 7) is 2.02. The Balaban J connectivity index is 2.24. The van der Waals surface area contributed by atoms with Crippen LogP contribution in [0.25, 0.3) is 0 Å². The van der Waals surface area contributed by atoms with Crippen molar-refractivity contribution in [3.63, 3.8) is 0 Å². The Bertz CT molecular complexity index is 511. The Labute approximate surface area is 115 Å². The summed E-state index contributed by atoms with van der Waals surface area (Å²) in [5.41, 5.74) is 4.93. The van der Waals surface area contributed by atoms with Gasteiger partial charge in [-0.3, -0.25) is 0 Å². The maximum atomic E-state index is 12.9. The molecule has 0 radical (unpaired) electrons. The summed E-state index contributed by atoms with van der Waals surface area (Å²) < 4.78 is 38.7. The lowest BCUT2D eigenvalue weighted by atomic mass is 9.96. The summed E-state index contributed by atoms with van der Waals surface area (Å²) in [7, 11) is 0. The van der Waals surface area contributed by atoms with Crippen LogP contribution in [-0.2, 0) is 6.18 Å². The van der Waals surface area contributed by atoms with Gasteiger partial charge in [0.05, 0.1) is 17.2 Å². The summed E-state index contributed by atoms with van der Waals surface area (Å²) in [6, 6.07) is 5.49. The molecule has 1 aromatic rings. The molecule has 2 rings (SSSR count). The van der Waals surface area contributed by atoms with E-state index in [9.17, 15) is 13.2 Å². The number of nitriles is 1. The van der Waals surface area contributed by atoms with Crippen LogP contribution in [0.4, 0.5) is 18.9 Å². The van der Waals surface area contributed by atoms with E-state index in [-0.39, 0.29) is 5.56 Å². The zero-order valence-electron chi connectivity index (χ0n) is 11.0. The zero-order valence-corrected chi connectivity index (χ0v) is 11.0. The lowest BCUT2D eigenvalue weighted by molar-refractivity contribution is -0.137.